The average Bonchev–Trinajstić information content (AvgIpc) is 2.26. The summed E-state index contributed by atoms with van der Waals surface area (Å²) in [6.45, 7) is 6.58. The molecule has 1 fully saturated rings. The van der Waals surface area contributed by atoms with Gasteiger partial charge in [0.15, 0.2) is 0 Å². The van der Waals surface area contributed by atoms with Gasteiger partial charge in [-0.15, -0.1) is 0 Å². The van der Waals surface area contributed by atoms with Crippen LogP contribution in [0.25, 0.3) is 0 Å². The number of alkyl halides is 2. The SMILES string of the molecule is CC(C)(C)OC(=O)N1CCC(CC(F)F)C(CN)C1. The van der Waals surface area contributed by atoms with Crippen molar-refractivity contribution < 1.29 is 18.3 Å². The maximum absolute atomic E-state index is 12.5. The molecule has 0 saturated carbocycles. The van der Waals surface area contributed by atoms with Crippen LogP contribution in [0.15, 0.2) is 0 Å². The highest BCUT2D eigenvalue weighted by molar-refractivity contribution is 5.68. The van der Waals surface area contributed by atoms with Crippen LogP contribution < -0.4 is 5.73 Å². The number of ether oxygens (including phenoxy) is 1. The van der Waals surface area contributed by atoms with E-state index in [1.54, 1.807) is 25.7 Å². The molecule has 4 nitrogen and oxygen atoms in total. The number of hydrogen-bond donors (Lipinski definition) is 1. The minimum atomic E-state index is -2.31. The van der Waals surface area contributed by atoms with Gasteiger partial charge in [0.2, 0.25) is 6.43 Å². The monoisotopic (exact) mass is 278 g/mol. The Balaban J connectivity index is 2.56. The lowest BCUT2D eigenvalue weighted by molar-refractivity contribution is 0.00455. The third-order valence-corrected chi connectivity index (χ3v) is 3.33. The fraction of sp³-hybridized carbons (Fsp3) is 0.923. The first-order valence-corrected chi connectivity index (χ1v) is 6.69. The van der Waals surface area contributed by atoms with Gasteiger partial charge in [-0.2, -0.15) is 0 Å². The van der Waals surface area contributed by atoms with Crippen molar-refractivity contribution in [3.8, 4) is 0 Å². The number of rotatable bonds is 3. The summed E-state index contributed by atoms with van der Waals surface area (Å²) in [5.41, 5.74) is 5.09. The standard InChI is InChI=1S/C13H24F2N2O2/c1-13(2,3)19-12(18)17-5-4-9(6-11(14)15)10(7-16)8-17/h9-11H,4-8,16H2,1-3H3. The molecule has 1 aliphatic heterocycles. The van der Waals surface area contributed by atoms with Crippen molar-refractivity contribution in [2.75, 3.05) is 19.6 Å². The third-order valence-electron chi connectivity index (χ3n) is 3.33. The first-order chi connectivity index (χ1) is 8.73. The van der Waals surface area contributed by atoms with E-state index in [-0.39, 0.29) is 24.3 Å². The minimum Gasteiger partial charge on any atom is -0.444 e. The Bertz CT molecular complexity index is 306. The maximum atomic E-state index is 12.5. The van der Waals surface area contributed by atoms with Crippen molar-refractivity contribution in [2.24, 2.45) is 17.6 Å². The molecule has 0 radical (unpaired) electrons. The number of piperidine rings is 1. The van der Waals surface area contributed by atoms with Crippen molar-refractivity contribution in [2.45, 2.75) is 45.6 Å². The van der Waals surface area contributed by atoms with Crippen molar-refractivity contribution in [1.82, 2.24) is 4.90 Å². The van der Waals surface area contributed by atoms with Crippen LogP contribution >= 0.6 is 0 Å². The van der Waals surface area contributed by atoms with Gasteiger partial charge in [0, 0.05) is 19.5 Å². The molecule has 1 aliphatic rings. The van der Waals surface area contributed by atoms with E-state index in [0.717, 1.165) is 0 Å². The van der Waals surface area contributed by atoms with Gasteiger partial charge in [0.25, 0.3) is 0 Å². The Morgan fingerprint density at radius 3 is 2.53 bits per heavy atom. The molecule has 0 aromatic rings. The second kappa shape index (κ2) is 6.50. The van der Waals surface area contributed by atoms with Crippen LogP contribution in [0, 0.1) is 11.8 Å². The summed E-state index contributed by atoms with van der Waals surface area (Å²) >= 11 is 0. The fourth-order valence-corrected chi connectivity index (χ4v) is 2.38. The molecular formula is C13H24F2N2O2. The molecule has 0 bridgehead atoms. The smallest absolute Gasteiger partial charge is 0.410 e. The summed E-state index contributed by atoms with van der Waals surface area (Å²) in [7, 11) is 0. The number of carbonyl (C=O) groups is 1. The van der Waals surface area contributed by atoms with Gasteiger partial charge in [-0.1, -0.05) is 0 Å². The van der Waals surface area contributed by atoms with Gasteiger partial charge in [-0.3, -0.25) is 0 Å². The molecule has 1 amide bonds. The number of likely N-dealkylation sites (tertiary alicyclic amines) is 1. The van der Waals surface area contributed by atoms with Crippen LogP contribution in [0.5, 0.6) is 0 Å². The highest BCUT2D eigenvalue weighted by Gasteiger charge is 2.33. The summed E-state index contributed by atoms with van der Waals surface area (Å²) in [6, 6.07) is 0. The van der Waals surface area contributed by atoms with E-state index >= 15 is 0 Å². The van der Waals surface area contributed by atoms with Crippen LogP contribution in [-0.2, 0) is 4.74 Å². The predicted molar refractivity (Wildman–Crippen MR) is 69.1 cm³/mol. The van der Waals surface area contributed by atoms with Crippen LogP contribution in [0.4, 0.5) is 13.6 Å². The van der Waals surface area contributed by atoms with E-state index in [4.69, 9.17) is 10.5 Å². The number of halogens is 2. The Kier molecular flexibility index (Phi) is 5.52. The topological polar surface area (TPSA) is 55.6 Å². The van der Waals surface area contributed by atoms with Gasteiger partial charge in [0.1, 0.15) is 5.60 Å². The zero-order valence-corrected chi connectivity index (χ0v) is 11.9. The molecular weight excluding hydrogens is 254 g/mol. The van der Waals surface area contributed by atoms with E-state index in [0.29, 0.717) is 26.1 Å². The highest BCUT2D eigenvalue weighted by atomic mass is 19.3. The molecule has 0 spiro atoms. The Labute approximate surface area is 113 Å². The van der Waals surface area contributed by atoms with E-state index in [9.17, 15) is 13.6 Å². The maximum Gasteiger partial charge on any atom is 0.410 e. The molecule has 112 valence electrons. The molecule has 2 N–H and O–H groups in total. The summed E-state index contributed by atoms with van der Waals surface area (Å²) in [6.07, 6.45) is -2.27. The number of carbonyl (C=O) groups excluding carboxylic acids is 1. The van der Waals surface area contributed by atoms with Crippen LogP contribution in [-0.4, -0.2) is 42.7 Å². The first kappa shape index (κ1) is 16.1. The summed E-state index contributed by atoms with van der Waals surface area (Å²) in [5, 5.41) is 0. The fourth-order valence-electron chi connectivity index (χ4n) is 2.38. The zero-order valence-electron chi connectivity index (χ0n) is 11.9. The van der Waals surface area contributed by atoms with Gasteiger partial charge >= 0.3 is 6.09 Å². The molecule has 1 rings (SSSR count). The molecule has 2 atom stereocenters. The van der Waals surface area contributed by atoms with E-state index in [1.165, 1.54) is 0 Å². The Morgan fingerprint density at radius 1 is 1.42 bits per heavy atom. The van der Waals surface area contributed by atoms with E-state index in [1.807, 2.05) is 0 Å². The predicted octanol–water partition coefficient (Wildman–Crippen LogP) is 2.47. The minimum absolute atomic E-state index is 0.0738. The molecule has 19 heavy (non-hydrogen) atoms. The van der Waals surface area contributed by atoms with E-state index in [2.05, 4.69) is 0 Å². The average molecular weight is 278 g/mol. The zero-order chi connectivity index (χ0) is 14.6. The van der Waals surface area contributed by atoms with Crippen LogP contribution in [0.3, 0.4) is 0 Å². The molecule has 0 aromatic heterocycles. The number of nitrogens with two attached hydrogens (primary N) is 1. The number of amides is 1. The highest BCUT2D eigenvalue weighted by Crippen LogP contribution is 2.29. The lowest BCUT2D eigenvalue weighted by atomic mass is 9.83. The largest absolute Gasteiger partial charge is 0.444 e. The van der Waals surface area contributed by atoms with Crippen molar-refractivity contribution in [3.63, 3.8) is 0 Å². The number of nitrogens with zero attached hydrogens (tertiary/aromatic N) is 1. The second-order valence-electron chi connectivity index (χ2n) is 6.10. The molecule has 2 unspecified atom stereocenters. The first-order valence-electron chi connectivity index (χ1n) is 6.69. The van der Waals surface area contributed by atoms with Gasteiger partial charge in [-0.25, -0.2) is 13.6 Å². The lowest BCUT2D eigenvalue weighted by Gasteiger charge is -2.38. The van der Waals surface area contributed by atoms with E-state index < -0.39 is 12.0 Å². The molecule has 1 heterocycles. The van der Waals surface area contributed by atoms with Crippen LogP contribution in [0.2, 0.25) is 0 Å². The Hall–Kier alpha value is -0.910. The summed E-state index contributed by atoms with van der Waals surface area (Å²) in [4.78, 5) is 13.5. The van der Waals surface area contributed by atoms with Crippen molar-refractivity contribution in [3.05, 3.63) is 0 Å². The summed E-state index contributed by atoms with van der Waals surface area (Å²) < 4.78 is 30.2. The van der Waals surface area contributed by atoms with Crippen molar-refractivity contribution >= 4 is 6.09 Å². The molecule has 0 aliphatic carbocycles. The van der Waals surface area contributed by atoms with Crippen molar-refractivity contribution in [1.29, 1.82) is 0 Å². The lowest BCUT2D eigenvalue weighted by Crippen LogP contribution is -2.48. The van der Waals surface area contributed by atoms with Crippen LogP contribution in [0.1, 0.15) is 33.6 Å². The van der Waals surface area contributed by atoms with Gasteiger partial charge in [0.05, 0.1) is 0 Å². The Morgan fingerprint density at radius 2 is 2.05 bits per heavy atom. The molecule has 1 saturated heterocycles. The van der Waals surface area contributed by atoms with Gasteiger partial charge in [-0.05, 0) is 45.6 Å². The third kappa shape index (κ3) is 5.30. The molecule has 6 heteroatoms. The number of hydrogen-bond acceptors (Lipinski definition) is 3. The molecule has 0 aromatic carbocycles. The second-order valence-corrected chi connectivity index (χ2v) is 6.10. The summed E-state index contributed by atoms with van der Waals surface area (Å²) in [5.74, 6) is -0.182. The van der Waals surface area contributed by atoms with Gasteiger partial charge < -0.3 is 15.4 Å². The quantitative estimate of drug-likeness (QED) is 0.863. The normalized spacial score (nSPS) is 24.7.